The lowest BCUT2D eigenvalue weighted by Gasteiger charge is -2.10. The molecule has 0 fully saturated rings. The SMILES string of the molecule is Cc1cc(C)cc(C(=O)Nc2cc(C)nn2-c2nc3c(c(=O)[nH]2)CCC3)c1. The Balaban J connectivity index is 1.71. The van der Waals surface area contributed by atoms with Crippen molar-refractivity contribution in [2.75, 3.05) is 5.32 Å². The third-order valence-corrected chi connectivity index (χ3v) is 4.69. The molecule has 2 N–H and O–H groups in total. The quantitative estimate of drug-likeness (QED) is 0.748. The van der Waals surface area contributed by atoms with Gasteiger partial charge in [0.15, 0.2) is 0 Å². The highest BCUT2D eigenvalue weighted by atomic mass is 16.2. The van der Waals surface area contributed by atoms with Crippen LogP contribution >= 0.6 is 0 Å². The summed E-state index contributed by atoms with van der Waals surface area (Å²) in [4.78, 5) is 32.4. The van der Waals surface area contributed by atoms with Crippen molar-refractivity contribution in [3.05, 3.63) is 68.3 Å². The Morgan fingerprint density at radius 2 is 1.85 bits per heavy atom. The summed E-state index contributed by atoms with van der Waals surface area (Å²) in [5.74, 6) is 0.564. The summed E-state index contributed by atoms with van der Waals surface area (Å²) in [6, 6.07) is 7.45. The fourth-order valence-electron chi connectivity index (χ4n) is 3.57. The van der Waals surface area contributed by atoms with Gasteiger partial charge in [0.25, 0.3) is 11.5 Å². The van der Waals surface area contributed by atoms with Crippen LogP contribution in [0.4, 0.5) is 5.82 Å². The smallest absolute Gasteiger partial charge is 0.256 e. The van der Waals surface area contributed by atoms with Gasteiger partial charge in [-0.25, -0.2) is 4.98 Å². The van der Waals surface area contributed by atoms with Crippen molar-refractivity contribution in [2.24, 2.45) is 0 Å². The monoisotopic (exact) mass is 363 g/mol. The van der Waals surface area contributed by atoms with E-state index in [-0.39, 0.29) is 11.5 Å². The van der Waals surface area contributed by atoms with Crippen LogP contribution in [0.15, 0.2) is 29.1 Å². The number of carbonyl (C=O) groups excluding carboxylic acids is 1. The number of H-pyrrole nitrogens is 1. The third-order valence-electron chi connectivity index (χ3n) is 4.69. The second-order valence-corrected chi connectivity index (χ2v) is 7.08. The molecule has 27 heavy (non-hydrogen) atoms. The maximum absolute atomic E-state index is 12.7. The number of carbonyl (C=O) groups is 1. The highest BCUT2D eigenvalue weighted by molar-refractivity contribution is 6.04. The minimum Gasteiger partial charge on any atom is -0.306 e. The van der Waals surface area contributed by atoms with E-state index in [9.17, 15) is 9.59 Å². The summed E-state index contributed by atoms with van der Waals surface area (Å²) in [6.45, 7) is 5.74. The molecule has 0 unspecified atom stereocenters. The Hall–Kier alpha value is -3.22. The fourth-order valence-corrected chi connectivity index (χ4v) is 3.57. The number of amides is 1. The van der Waals surface area contributed by atoms with Gasteiger partial charge in [0.1, 0.15) is 5.82 Å². The van der Waals surface area contributed by atoms with Crippen LogP contribution < -0.4 is 10.9 Å². The van der Waals surface area contributed by atoms with Crippen LogP contribution in [0.25, 0.3) is 5.95 Å². The Morgan fingerprint density at radius 3 is 2.59 bits per heavy atom. The number of rotatable bonds is 3. The topological polar surface area (TPSA) is 92.7 Å². The molecule has 2 heterocycles. The van der Waals surface area contributed by atoms with E-state index in [4.69, 9.17) is 0 Å². The number of anilines is 1. The van der Waals surface area contributed by atoms with Crippen molar-refractivity contribution in [2.45, 2.75) is 40.0 Å². The molecule has 0 atom stereocenters. The lowest BCUT2D eigenvalue weighted by atomic mass is 10.1. The molecule has 0 saturated heterocycles. The van der Waals surface area contributed by atoms with E-state index in [1.807, 2.05) is 39.0 Å². The summed E-state index contributed by atoms with van der Waals surface area (Å²) in [5.41, 5.74) is 4.77. The molecule has 0 radical (unpaired) electrons. The van der Waals surface area contributed by atoms with Crippen LogP contribution in [-0.2, 0) is 12.8 Å². The number of aromatic nitrogens is 4. The van der Waals surface area contributed by atoms with Gasteiger partial charge in [0.2, 0.25) is 5.95 Å². The average Bonchev–Trinajstić information content (AvgIpc) is 3.20. The molecule has 0 spiro atoms. The van der Waals surface area contributed by atoms with Crippen LogP contribution in [0, 0.1) is 20.8 Å². The summed E-state index contributed by atoms with van der Waals surface area (Å²) >= 11 is 0. The summed E-state index contributed by atoms with van der Waals surface area (Å²) in [7, 11) is 0. The van der Waals surface area contributed by atoms with E-state index in [0.29, 0.717) is 23.0 Å². The van der Waals surface area contributed by atoms with Crippen LogP contribution in [0.5, 0.6) is 0 Å². The highest BCUT2D eigenvalue weighted by Gasteiger charge is 2.20. The van der Waals surface area contributed by atoms with Crippen molar-refractivity contribution in [3.8, 4) is 5.95 Å². The number of aromatic amines is 1. The number of hydrogen-bond acceptors (Lipinski definition) is 4. The average molecular weight is 363 g/mol. The maximum atomic E-state index is 12.7. The van der Waals surface area contributed by atoms with Crippen LogP contribution in [0.3, 0.4) is 0 Å². The molecule has 1 amide bonds. The molecule has 1 aliphatic carbocycles. The third kappa shape index (κ3) is 3.28. The van der Waals surface area contributed by atoms with Crippen molar-refractivity contribution in [1.29, 1.82) is 0 Å². The Morgan fingerprint density at radius 1 is 1.11 bits per heavy atom. The van der Waals surface area contributed by atoms with Gasteiger partial charge in [-0.1, -0.05) is 17.2 Å². The largest absolute Gasteiger partial charge is 0.306 e. The highest BCUT2D eigenvalue weighted by Crippen LogP contribution is 2.20. The molecule has 7 nitrogen and oxygen atoms in total. The Kier molecular flexibility index (Phi) is 4.14. The maximum Gasteiger partial charge on any atom is 0.256 e. The van der Waals surface area contributed by atoms with E-state index in [0.717, 1.165) is 41.6 Å². The predicted molar refractivity (Wildman–Crippen MR) is 103 cm³/mol. The van der Waals surface area contributed by atoms with Crippen molar-refractivity contribution < 1.29 is 4.79 Å². The van der Waals surface area contributed by atoms with Gasteiger partial charge < -0.3 is 5.32 Å². The second kappa shape index (κ2) is 6.50. The number of fused-ring (bicyclic) bond motifs is 1. The molecule has 1 aliphatic rings. The summed E-state index contributed by atoms with van der Waals surface area (Å²) in [6.07, 6.45) is 2.48. The molecule has 1 aromatic carbocycles. The molecule has 0 bridgehead atoms. The molecule has 0 saturated carbocycles. The molecule has 4 rings (SSSR count). The summed E-state index contributed by atoms with van der Waals surface area (Å²) in [5, 5.41) is 7.29. The van der Waals surface area contributed by atoms with Gasteiger partial charge in [0, 0.05) is 17.2 Å². The van der Waals surface area contributed by atoms with E-state index in [2.05, 4.69) is 20.4 Å². The zero-order chi connectivity index (χ0) is 19.1. The van der Waals surface area contributed by atoms with Crippen LogP contribution in [-0.4, -0.2) is 25.7 Å². The van der Waals surface area contributed by atoms with Gasteiger partial charge in [0.05, 0.1) is 11.4 Å². The number of aryl methyl sites for hydroxylation is 4. The molecule has 0 aliphatic heterocycles. The van der Waals surface area contributed by atoms with Gasteiger partial charge in [-0.15, -0.1) is 0 Å². The second-order valence-electron chi connectivity index (χ2n) is 7.08. The van der Waals surface area contributed by atoms with E-state index in [1.54, 1.807) is 6.07 Å². The van der Waals surface area contributed by atoms with E-state index in [1.165, 1.54) is 4.68 Å². The number of nitrogens with one attached hydrogen (secondary N) is 2. The molecule has 7 heteroatoms. The first-order valence-electron chi connectivity index (χ1n) is 8.99. The Bertz CT molecular complexity index is 1090. The molecular weight excluding hydrogens is 342 g/mol. The van der Waals surface area contributed by atoms with E-state index < -0.39 is 0 Å². The fraction of sp³-hybridized carbons (Fsp3) is 0.300. The number of benzene rings is 1. The molecule has 2 aromatic heterocycles. The normalized spacial score (nSPS) is 12.9. The van der Waals surface area contributed by atoms with Crippen LogP contribution in [0.1, 0.15) is 44.9 Å². The van der Waals surface area contributed by atoms with Gasteiger partial charge in [-0.05, 0) is 52.2 Å². The molecule has 138 valence electrons. The summed E-state index contributed by atoms with van der Waals surface area (Å²) < 4.78 is 1.48. The Labute approximate surface area is 156 Å². The zero-order valence-corrected chi connectivity index (χ0v) is 15.6. The standard InChI is InChI=1S/C20H21N5O2/c1-11-7-12(2)9-14(8-11)18(26)22-17-10-13(3)24-25(17)20-21-16-6-4-5-15(16)19(27)23-20/h7-10H,4-6H2,1-3H3,(H,22,26)(H,21,23,27). The minimum atomic E-state index is -0.230. The lowest BCUT2D eigenvalue weighted by molar-refractivity contribution is 0.102. The lowest BCUT2D eigenvalue weighted by Crippen LogP contribution is -2.21. The van der Waals surface area contributed by atoms with Crippen molar-refractivity contribution in [1.82, 2.24) is 19.7 Å². The van der Waals surface area contributed by atoms with E-state index >= 15 is 0 Å². The van der Waals surface area contributed by atoms with Gasteiger partial charge in [-0.3, -0.25) is 14.6 Å². The predicted octanol–water partition coefficient (Wildman–Crippen LogP) is 2.62. The first-order valence-corrected chi connectivity index (χ1v) is 8.99. The number of nitrogens with zero attached hydrogens (tertiary/aromatic N) is 3. The van der Waals surface area contributed by atoms with Crippen molar-refractivity contribution >= 4 is 11.7 Å². The minimum absolute atomic E-state index is 0.132. The molecule has 3 aromatic rings. The molecular formula is C20H21N5O2. The first-order chi connectivity index (χ1) is 12.9. The zero-order valence-electron chi connectivity index (χ0n) is 15.6. The van der Waals surface area contributed by atoms with Gasteiger partial charge in [-0.2, -0.15) is 9.78 Å². The number of hydrogen-bond donors (Lipinski definition) is 2. The van der Waals surface area contributed by atoms with Crippen LogP contribution in [0.2, 0.25) is 0 Å². The van der Waals surface area contributed by atoms with Crippen molar-refractivity contribution in [3.63, 3.8) is 0 Å². The van der Waals surface area contributed by atoms with Gasteiger partial charge >= 0.3 is 0 Å². The first kappa shape index (κ1) is 17.2.